The standard InChI is InChI=1S/C21H25FN2O3S/c1-14-6-5-9-19(15(14)2)23-21(25)16-10-12-17(13-11-16)28(26,27)24-20-8-4-3-7-18(20)22/h3-4,7-8,10-15,19,24H,5-6,9H2,1-2H3,(H,23,25)/t14-,15+,19-/m0/s1. The molecule has 0 radical (unpaired) electrons. The molecule has 0 bridgehead atoms. The van der Waals surface area contributed by atoms with Crippen LogP contribution in [0, 0.1) is 17.7 Å². The van der Waals surface area contributed by atoms with Crippen molar-refractivity contribution in [1.82, 2.24) is 5.32 Å². The molecule has 7 heteroatoms. The van der Waals surface area contributed by atoms with E-state index in [-0.39, 0.29) is 22.5 Å². The molecule has 150 valence electrons. The van der Waals surface area contributed by atoms with Crippen molar-refractivity contribution in [2.45, 2.75) is 44.0 Å². The van der Waals surface area contributed by atoms with Gasteiger partial charge < -0.3 is 5.32 Å². The molecule has 1 aliphatic rings. The monoisotopic (exact) mass is 404 g/mol. The number of hydrogen-bond donors (Lipinski definition) is 2. The van der Waals surface area contributed by atoms with Crippen molar-refractivity contribution in [1.29, 1.82) is 0 Å². The van der Waals surface area contributed by atoms with Crippen molar-refractivity contribution in [3.63, 3.8) is 0 Å². The Morgan fingerprint density at radius 3 is 2.39 bits per heavy atom. The number of carbonyl (C=O) groups is 1. The van der Waals surface area contributed by atoms with Gasteiger partial charge >= 0.3 is 0 Å². The minimum Gasteiger partial charge on any atom is -0.349 e. The van der Waals surface area contributed by atoms with Crippen molar-refractivity contribution in [2.75, 3.05) is 4.72 Å². The van der Waals surface area contributed by atoms with Crippen LogP contribution >= 0.6 is 0 Å². The summed E-state index contributed by atoms with van der Waals surface area (Å²) in [5, 5.41) is 3.07. The average molecular weight is 405 g/mol. The molecule has 1 fully saturated rings. The van der Waals surface area contributed by atoms with Crippen LogP contribution in [0.15, 0.2) is 53.4 Å². The van der Waals surface area contributed by atoms with Gasteiger partial charge in [0.15, 0.2) is 0 Å². The number of anilines is 1. The molecule has 0 aromatic heterocycles. The highest BCUT2D eigenvalue weighted by atomic mass is 32.2. The number of hydrogen-bond acceptors (Lipinski definition) is 3. The van der Waals surface area contributed by atoms with Crippen LogP contribution in [0.1, 0.15) is 43.5 Å². The lowest BCUT2D eigenvalue weighted by Gasteiger charge is -2.34. The molecule has 28 heavy (non-hydrogen) atoms. The summed E-state index contributed by atoms with van der Waals surface area (Å²) in [5.74, 6) is 0.105. The van der Waals surface area contributed by atoms with E-state index < -0.39 is 15.8 Å². The third-order valence-electron chi connectivity index (χ3n) is 5.57. The molecule has 0 spiro atoms. The van der Waals surface area contributed by atoms with Crippen LogP contribution in [0.2, 0.25) is 0 Å². The minimum absolute atomic E-state index is 0.0352. The summed E-state index contributed by atoms with van der Waals surface area (Å²) in [5.41, 5.74) is 0.278. The van der Waals surface area contributed by atoms with E-state index in [1.54, 1.807) is 6.07 Å². The van der Waals surface area contributed by atoms with Gasteiger partial charge in [0.05, 0.1) is 10.6 Å². The van der Waals surface area contributed by atoms with E-state index in [4.69, 9.17) is 0 Å². The summed E-state index contributed by atoms with van der Waals surface area (Å²) >= 11 is 0. The van der Waals surface area contributed by atoms with Crippen LogP contribution in [0.4, 0.5) is 10.1 Å². The quantitative estimate of drug-likeness (QED) is 0.785. The van der Waals surface area contributed by atoms with Gasteiger partial charge in [-0.2, -0.15) is 0 Å². The molecule has 0 heterocycles. The second-order valence-corrected chi connectivity index (χ2v) is 9.14. The van der Waals surface area contributed by atoms with Crippen molar-refractivity contribution < 1.29 is 17.6 Å². The van der Waals surface area contributed by atoms with E-state index >= 15 is 0 Å². The predicted octanol–water partition coefficient (Wildman–Crippen LogP) is 4.18. The topological polar surface area (TPSA) is 75.3 Å². The number of sulfonamides is 1. The lowest BCUT2D eigenvalue weighted by atomic mass is 9.78. The van der Waals surface area contributed by atoms with Crippen molar-refractivity contribution in [3.05, 3.63) is 59.9 Å². The zero-order chi connectivity index (χ0) is 20.3. The van der Waals surface area contributed by atoms with Gasteiger partial charge in [-0.05, 0) is 54.7 Å². The number of rotatable bonds is 5. The zero-order valence-electron chi connectivity index (χ0n) is 16.0. The molecule has 3 atom stereocenters. The first-order valence-electron chi connectivity index (χ1n) is 9.46. The van der Waals surface area contributed by atoms with E-state index in [1.807, 2.05) is 0 Å². The maximum Gasteiger partial charge on any atom is 0.261 e. The molecule has 0 aliphatic heterocycles. The number of carbonyl (C=O) groups excluding carboxylic acids is 1. The maximum absolute atomic E-state index is 13.7. The van der Waals surface area contributed by atoms with Gasteiger partial charge in [-0.25, -0.2) is 12.8 Å². The molecular weight excluding hydrogens is 379 g/mol. The Labute approximate surface area is 165 Å². The van der Waals surface area contributed by atoms with Crippen molar-refractivity contribution >= 4 is 21.6 Å². The Balaban J connectivity index is 1.70. The Hall–Kier alpha value is -2.41. The summed E-state index contributed by atoms with van der Waals surface area (Å²) in [6, 6.07) is 11.3. The predicted molar refractivity (Wildman–Crippen MR) is 107 cm³/mol. The number of amides is 1. The molecule has 2 aromatic rings. The summed E-state index contributed by atoms with van der Waals surface area (Å²) in [4.78, 5) is 12.5. The Bertz CT molecular complexity index is 944. The number of halogens is 1. The first kappa shape index (κ1) is 20.3. The van der Waals surface area contributed by atoms with Gasteiger partial charge in [0, 0.05) is 11.6 Å². The Morgan fingerprint density at radius 2 is 1.71 bits per heavy atom. The summed E-state index contributed by atoms with van der Waals surface area (Å²) in [6.45, 7) is 4.35. The largest absolute Gasteiger partial charge is 0.349 e. The normalized spacial score (nSPS) is 22.5. The molecular formula is C21H25FN2O3S. The van der Waals surface area contributed by atoms with Crippen molar-refractivity contribution in [3.8, 4) is 0 Å². The molecule has 1 aliphatic carbocycles. The number of nitrogens with one attached hydrogen (secondary N) is 2. The third-order valence-corrected chi connectivity index (χ3v) is 6.95. The zero-order valence-corrected chi connectivity index (χ0v) is 16.8. The number of benzene rings is 2. The lowest BCUT2D eigenvalue weighted by molar-refractivity contribution is 0.0891. The summed E-state index contributed by atoms with van der Waals surface area (Å²) < 4.78 is 40.8. The summed E-state index contributed by atoms with van der Waals surface area (Å²) in [6.07, 6.45) is 3.22. The van der Waals surface area contributed by atoms with Crippen LogP contribution in [-0.2, 0) is 10.0 Å². The van der Waals surface area contributed by atoms with E-state index in [1.165, 1.54) is 48.9 Å². The second-order valence-electron chi connectivity index (χ2n) is 7.46. The van der Waals surface area contributed by atoms with Gasteiger partial charge in [0.25, 0.3) is 15.9 Å². The van der Waals surface area contributed by atoms with Gasteiger partial charge in [-0.15, -0.1) is 0 Å². The maximum atomic E-state index is 13.7. The summed E-state index contributed by atoms with van der Waals surface area (Å²) in [7, 11) is -3.94. The molecule has 3 rings (SSSR count). The number of para-hydroxylation sites is 1. The van der Waals surface area contributed by atoms with Crippen LogP contribution in [0.5, 0.6) is 0 Å². The van der Waals surface area contributed by atoms with E-state index in [9.17, 15) is 17.6 Å². The minimum atomic E-state index is -3.94. The van der Waals surface area contributed by atoms with Crippen LogP contribution < -0.4 is 10.0 Å². The van der Waals surface area contributed by atoms with Gasteiger partial charge in [0.2, 0.25) is 0 Å². The highest BCUT2D eigenvalue weighted by Crippen LogP contribution is 2.29. The fraction of sp³-hybridized carbons (Fsp3) is 0.381. The molecule has 5 nitrogen and oxygen atoms in total. The highest BCUT2D eigenvalue weighted by molar-refractivity contribution is 7.92. The van der Waals surface area contributed by atoms with Crippen LogP contribution in [0.25, 0.3) is 0 Å². The highest BCUT2D eigenvalue weighted by Gasteiger charge is 2.28. The first-order chi connectivity index (χ1) is 13.3. The van der Waals surface area contributed by atoms with Gasteiger partial charge in [0.1, 0.15) is 5.82 Å². The molecule has 1 amide bonds. The fourth-order valence-corrected chi connectivity index (χ4v) is 4.64. The fourth-order valence-electron chi connectivity index (χ4n) is 3.57. The molecule has 2 N–H and O–H groups in total. The molecule has 2 aromatic carbocycles. The van der Waals surface area contributed by atoms with Gasteiger partial charge in [-0.1, -0.05) is 38.8 Å². The second kappa shape index (κ2) is 8.31. The van der Waals surface area contributed by atoms with Crippen molar-refractivity contribution in [2.24, 2.45) is 11.8 Å². The Kier molecular flexibility index (Phi) is 6.03. The third kappa shape index (κ3) is 4.52. The van der Waals surface area contributed by atoms with Crippen LogP contribution in [-0.4, -0.2) is 20.4 Å². The van der Waals surface area contributed by atoms with E-state index in [2.05, 4.69) is 23.9 Å². The Morgan fingerprint density at radius 1 is 1.04 bits per heavy atom. The van der Waals surface area contributed by atoms with Crippen LogP contribution in [0.3, 0.4) is 0 Å². The SMILES string of the molecule is C[C@H]1[C@@H](NC(=O)c2ccc(S(=O)(=O)Nc3ccccc3F)cc2)CCC[C@@H]1C. The van der Waals surface area contributed by atoms with Gasteiger partial charge in [-0.3, -0.25) is 9.52 Å². The lowest BCUT2D eigenvalue weighted by Crippen LogP contribution is -2.43. The molecule has 1 saturated carbocycles. The first-order valence-corrected chi connectivity index (χ1v) is 10.9. The van der Waals surface area contributed by atoms with E-state index in [0.717, 1.165) is 12.8 Å². The van der Waals surface area contributed by atoms with E-state index in [0.29, 0.717) is 17.4 Å². The smallest absolute Gasteiger partial charge is 0.261 e. The molecule has 0 saturated heterocycles. The average Bonchev–Trinajstić information content (AvgIpc) is 2.67. The molecule has 0 unspecified atom stereocenters.